The quantitative estimate of drug-likeness (QED) is 0.681. The molecule has 0 saturated heterocycles. The number of aldehydes is 1. The fourth-order valence-electron chi connectivity index (χ4n) is 1.80. The van der Waals surface area contributed by atoms with Crippen LogP contribution in [-0.4, -0.2) is 21.3 Å². The molecule has 5 nitrogen and oxygen atoms in total. The van der Waals surface area contributed by atoms with Crippen molar-refractivity contribution in [3.8, 4) is 17.2 Å². The van der Waals surface area contributed by atoms with Gasteiger partial charge in [-0.25, -0.2) is 4.68 Å². The fourth-order valence-corrected chi connectivity index (χ4v) is 1.80. The Morgan fingerprint density at radius 2 is 1.65 bits per heavy atom. The highest BCUT2D eigenvalue weighted by atomic mass is 16.5. The Morgan fingerprint density at radius 3 is 2.35 bits per heavy atom. The molecule has 0 N–H and O–H groups in total. The third-order valence-corrected chi connectivity index (χ3v) is 2.76. The lowest BCUT2D eigenvalue weighted by atomic mass is 10.3. The number of rotatable bonds is 4. The van der Waals surface area contributed by atoms with Crippen LogP contribution >= 0.6 is 0 Å². The minimum Gasteiger partial charge on any atom is -0.457 e. The van der Waals surface area contributed by atoms with E-state index < -0.39 is 0 Å². The van der Waals surface area contributed by atoms with Crippen LogP contribution in [0.25, 0.3) is 5.69 Å². The minimum absolute atomic E-state index is 0.404. The van der Waals surface area contributed by atoms with Gasteiger partial charge in [-0.3, -0.25) is 4.79 Å². The number of ether oxygens (including phenoxy) is 1. The van der Waals surface area contributed by atoms with Gasteiger partial charge in [0.05, 0.1) is 11.9 Å². The molecule has 0 saturated carbocycles. The highest BCUT2D eigenvalue weighted by molar-refractivity contribution is 5.72. The summed E-state index contributed by atoms with van der Waals surface area (Å²) < 4.78 is 7.16. The van der Waals surface area contributed by atoms with Gasteiger partial charge in [-0.1, -0.05) is 23.4 Å². The molecule has 0 fully saturated rings. The van der Waals surface area contributed by atoms with Crippen LogP contribution < -0.4 is 4.74 Å². The lowest BCUT2D eigenvalue weighted by Gasteiger charge is -2.07. The number of carbonyl (C=O) groups excluding carboxylic acids is 1. The Hall–Kier alpha value is -2.95. The van der Waals surface area contributed by atoms with E-state index in [1.54, 1.807) is 0 Å². The molecule has 0 atom stereocenters. The third kappa shape index (κ3) is 2.42. The van der Waals surface area contributed by atoms with Gasteiger partial charge < -0.3 is 4.74 Å². The van der Waals surface area contributed by atoms with Crippen molar-refractivity contribution in [3.05, 3.63) is 66.5 Å². The Morgan fingerprint density at radius 1 is 0.950 bits per heavy atom. The summed E-state index contributed by atoms with van der Waals surface area (Å²) in [6, 6.07) is 16.8. The number of nitrogens with zero attached hydrogens (tertiary/aromatic N) is 3. The Bertz CT molecular complexity index is 705. The van der Waals surface area contributed by atoms with Crippen molar-refractivity contribution in [3.63, 3.8) is 0 Å². The van der Waals surface area contributed by atoms with Crippen molar-refractivity contribution in [2.45, 2.75) is 0 Å². The summed E-state index contributed by atoms with van der Waals surface area (Å²) >= 11 is 0. The predicted octanol–water partition coefficient (Wildman–Crippen LogP) is 2.87. The van der Waals surface area contributed by atoms with E-state index in [0.717, 1.165) is 11.4 Å². The molecular weight excluding hydrogens is 254 g/mol. The molecule has 0 spiro atoms. The van der Waals surface area contributed by atoms with Crippen LogP contribution in [0, 0.1) is 0 Å². The molecule has 0 unspecified atom stereocenters. The Labute approximate surface area is 115 Å². The average Bonchev–Trinajstić information content (AvgIpc) is 2.98. The molecule has 98 valence electrons. The van der Waals surface area contributed by atoms with E-state index in [4.69, 9.17) is 4.74 Å². The number of benzene rings is 2. The molecule has 20 heavy (non-hydrogen) atoms. The van der Waals surface area contributed by atoms with Gasteiger partial charge in [0.15, 0.2) is 6.29 Å². The molecule has 0 aliphatic carbocycles. The van der Waals surface area contributed by atoms with Crippen molar-refractivity contribution in [1.29, 1.82) is 0 Å². The molecule has 0 aliphatic rings. The molecule has 0 radical (unpaired) electrons. The molecule has 0 aliphatic heterocycles. The summed E-state index contributed by atoms with van der Waals surface area (Å²) in [4.78, 5) is 10.8. The van der Waals surface area contributed by atoms with Crippen LogP contribution in [0.15, 0.2) is 60.8 Å². The van der Waals surface area contributed by atoms with Crippen molar-refractivity contribution in [1.82, 2.24) is 15.0 Å². The van der Waals surface area contributed by atoms with E-state index in [0.29, 0.717) is 17.7 Å². The maximum absolute atomic E-state index is 10.8. The maximum Gasteiger partial charge on any atom is 0.170 e. The second-order valence-corrected chi connectivity index (χ2v) is 4.10. The van der Waals surface area contributed by atoms with Crippen molar-refractivity contribution < 1.29 is 9.53 Å². The van der Waals surface area contributed by atoms with Crippen LogP contribution in [0.4, 0.5) is 0 Å². The van der Waals surface area contributed by atoms with Gasteiger partial charge in [-0.15, -0.1) is 5.10 Å². The maximum atomic E-state index is 10.8. The second kappa shape index (κ2) is 5.36. The van der Waals surface area contributed by atoms with Gasteiger partial charge in [0.2, 0.25) is 0 Å². The van der Waals surface area contributed by atoms with Crippen molar-refractivity contribution in [2.24, 2.45) is 0 Å². The number of para-hydroxylation sites is 1. The molecule has 0 bridgehead atoms. The number of aromatic nitrogens is 3. The highest BCUT2D eigenvalue weighted by Gasteiger charge is 2.05. The zero-order chi connectivity index (χ0) is 13.8. The summed E-state index contributed by atoms with van der Waals surface area (Å²) in [5.41, 5.74) is 1.16. The Balaban J connectivity index is 1.83. The molecule has 3 aromatic rings. The third-order valence-electron chi connectivity index (χ3n) is 2.76. The normalized spacial score (nSPS) is 10.2. The van der Waals surface area contributed by atoms with Crippen LogP contribution in [-0.2, 0) is 0 Å². The molecule has 0 amide bonds. The Kier molecular flexibility index (Phi) is 3.24. The van der Waals surface area contributed by atoms with Crippen molar-refractivity contribution in [2.75, 3.05) is 0 Å². The molecule has 1 aromatic heterocycles. The molecule has 2 aromatic carbocycles. The van der Waals surface area contributed by atoms with E-state index in [1.807, 2.05) is 54.6 Å². The summed E-state index contributed by atoms with van der Waals surface area (Å²) in [5, 5.41) is 7.58. The van der Waals surface area contributed by atoms with Gasteiger partial charge >= 0.3 is 0 Å². The number of hydrogen-bond acceptors (Lipinski definition) is 4. The summed E-state index contributed by atoms with van der Waals surface area (Å²) in [6.07, 6.45) is 2.13. The molecule has 3 rings (SSSR count). The van der Waals surface area contributed by atoms with Crippen LogP contribution in [0.1, 0.15) is 10.5 Å². The number of hydrogen-bond donors (Lipinski definition) is 0. The summed E-state index contributed by atoms with van der Waals surface area (Å²) in [6.45, 7) is 0. The first-order valence-corrected chi connectivity index (χ1v) is 6.06. The topological polar surface area (TPSA) is 57.0 Å². The highest BCUT2D eigenvalue weighted by Crippen LogP contribution is 2.22. The van der Waals surface area contributed by atoms with Crippen LogP contribution in [0.2, 0.25) is 0 Å². The molecule has 1 heterocycles. The van der Waals surface area contributed by atoms with Crippen molar-refractivity contribution >= 4 is 6.29 Å². The van der Waals surface area contributed by atoms with Gasteiger partial charge in [0.1, 0.15) is 17.2 Å². The van der Waals surface area contributed by atoms with E-state index in [9.17, 15) is 4.79 Å². The SMILES string of the molecule is O=Cc1cnnn1-c1ccc(Oc2ccccc2)cc1. The first kappa shape index (κ1) is 12.1. The van der Waals surface area contributed by atoms with E-state index in [1.165, 1.54) is 10.9 Å². The monoisotopic (exact) mass is 265 g/mol. The number of carbonyl (C=O) groups is 1. The first-order chi connectivity index (χ1) is 9.86. The minimum atomic E-state index is 0.404. The standard InChI is InChI=1S/C15H11N3O2/c19-11-13-10-16-17-18(13)12-6-8-15(9-7-12)20-14-4-2-1-3-5-14/h1-11H. The molecular formula is C15H11N3O2. The molecule has 5 heteroatoms. The van der Waals surface area contributed by atoms with E-state index in [2.05, 4.69) is 10.3 Å². The average molecular weight is 265 g/mol. The van der Waals surface area contributed by atoms with Crippen LogP contribution in [0.5, 0.6) is 11.5 Å². The lowest BCUT2D eigenvalue weighted by Crippen LogP contribution is -2.01. The summed E-state index contributed by atoms with van der Waals surface area (Å²) in [5.74, 6) is 1.49. The first-order valence-electron chi connectivity index (χ1n) is 6.06. The lowest BCUT2D eigenvalue weighted by molar-refractivity contribution is 0.111. The van der Waals surface area contributed by atoms with Gasteiger partial charge in [0, 0.05) is 0 Å². The van der Waals surface area contributed by atoms with E-state index >= 15 is 0 Å². The predicted molar refractivity (Wildman–Crippen MR) is 73.3 cm³/mol. The second-order valence-electron chi connectivity index (χ2n) is 4.10. The smallest absolute Gasteiger partial charge is 0.170 e. The zero-order valence-electron chi connectivity index (χ0n) is 10.5. The van der Waals surface area contributed by atoms with Crippen LogP contribution in [0.3, 0.4) is 0 Å². The largest absolute Gasteiger partial charge is 0.457 e. The van der Waals surface area contributed by atoms with Gasteiger partial charge in [-0.2, -0.15) is 0 Å². The van der Waals surface area contributed by atoms with E-state index in [-0.39, 0.29) is 0 Å². The van der Waals surface area contributed by atoms with Gasteiger partial charge in [0.25, 0.3) is 0 Å². The summed E-state index contributed by atoms with van der Waals surface area (Å²) in [7, 11) is 0. The fraction of sp³-hybridized carbons (Fsp3) is 0. The zero-order valence-corrected chi connectivity index (χ0v) is 10.5. The van der Waals surface area contributed by atoms with Gasteiger partial charge in [-0.05, 0) is 36.4 Å².